The lowest BCUT2D eigenvalue weighted by Crippen LogP contribution is -2.04. The predicted octanol–water partition coefficient (Wildman–Crippen LogP) is 5.20. The second-order valence-electron chi connectivity index (χ2n) is 5.70. The van der Waals surface area contributed by atoms with Crippen molar-refractivity contribution in [1.82, 2.24) is 9.55 Å². The Morgan fingerprint density at radius 2 is 1.90 bits per heavy atom. The molecule has 0 spiro atoms. The van der Waals surface area contributed by atoms with Crippen molar-refractivity contribution >= 4 is 22.6 Å². The smallest absolute Gasteiger partial charge is 0.129 e. The van der Waals surface area contributed by atoms with E-state index >= 15 is 0 Å². The summed E-state index contributed by atoms with van der Waals surface area (Å²) in [7, 11) is 0. The van der Waals surface area contributed by atoms with Gasteiger partial charge in [0.15, 0.2) is 0 Å². The molecular formula is C18H19ClN2. The van der Waals surface area contributed by atoms with Crippen LogP contribution in [0.5, 0.6) is 0 Å². The van der Waals surface area contributed by atoms with Crippen LogP contribution in [-0.2, 0) is 5.88 Å². The van der Waals surface area contributed by atoms with Crippen molar-refractivity contribution in [3.63, 3.8) is 0 Å². The molecule has 0 bridgehead atoms. The third-order valence-electron chi connectivity index (χ3n) is 3.80. The largest absolute Gasteiger partial charge is 0.295 e. The maximum atomic E-state index is 6.14. The van der Waals surface area contributed by atoms with Crippen LogP contribution in [0, 0.1) is 6.92 Å². The van der Waals surface area contributed by atoms with E-state index in [-0.39, 0.29) is 0 Å². The van der Waals surface area contributed by atoms with Crippen LogP contribution in [0.4, 0.5) is 0 Å². The van der Waals surface area contributed by atoms with Crippen molar-refractivity contribution < 1.29 is 0 Å². The normalized spacial score (nSPS) is 11.5. The Balaban J connectivity index is 2.34. The first kappa shape index (κ1) is 14.2. The van der Waals surface area contributed by atoms with Crippen LogP contribution < -0.4 is 0 Å². The van der Waals surface area contributed by atoms with E-state index in [1.165, 1.54) is 16.8 Å². The first-order chi connectivity index (χ1) is 10.1. The van der Waals surface area contributed by atoms with Crippen LogP contribution in [-0.4, -0.2) is 9.55 Å². The maximum Gasteiger partial charge on any atom is 0.129 e. The standard InChI is InChI=1S/C18H19ClN2/c1-12(2)14-6-4-5-7-16(14)21-17-9-8-13(3)10-15(17)20-18(21)11-19/h4-10,12H,11H2,1-3H3. The average molecular weight is 299 g/mol. The molecule has 1 aromatic heterocycles. The van der Waals surface area contributed by atoms with E-state index in [2.05, 4.69) is 67.8 Å². The number of fused-ring (bicyclic) bond motifs is 1. The van der Waals surface area contributed by atoms with Gasteiger partial charge in [-0.05, 0) is 42.2 Å². The summed E-state index contributed by atoms with van der Waals surface area (Å²) in [5.41, 5.74) is 5.82. The summed E-state index contributed by atoms with van der Waals surface area (Å²) in [5, 5.41) is 0. The van der Waals surface area contributed by atoms with E-state index in [4.69, 9.17) is 16.6 Å². The number of halogens is 1. The van der Waals surface area contributed by atoms with Gasteiger partial charge in [-0.3, -0.25) is 4.57 Å². The highest BCUT2D eigenvalue weighted by Gasteiger charge is 2.15. The SMILES string of the molecule is Cc1ccc2c(c1)nc(CCl)n2-c1ccccc1C(C)C. The number of para-hydroxylation sites is 1. The van der Waals surface area contributed by atoms with Crippen LogP contribution in [0.15, 0.2) is 42.5 Å². The van der Waals surface area contributed by atoms with Gasteiger partial charge < -0.3 is 0 Å². The molecule has 108 valence electrons. The lowest BCUT2D eigenvalue weighted by atomic mass is 10.0. The number of alkyl halides is 1. The van der Waals surface area contributed by atoms with E-state index in [0.717, 1.165) is 16.9 Å². The first-order valence-electron chi connectivity index (χ1n) is 7.25. The van der Waals surface area contributed by atoms with Crippen molar-refractivity contribution in [2.45, 2.75) is 32.6 Å². The molecule has 21 heavy (non-hydrogen) atoms. The minimum atomic E-state index is 0.403. The van der Waals surface area contributed by atoms with Gasteiger partial charge in [0.1, 0.15) is 5.82 Å². The lowest BCUT2D eigenvalue weighted by Gasteiger charge is -2.15. The molecule has 2 nitrogen and oxygen atoms in total. The number of nitrogens with zero attached hydrogens (tertiary/aromatic N) is 2. The van der Waals surface area contributed by atoms with Crippen LogP contribution in [0.1, 0.15) is 36.7 Å². The maximum absolute atomic E-state index is 6.14. The molecule has 3 heteroatoms. The second kappa shape index (κ2) is 5.53. The molecule has 0 saturated carbocycles. The van der Waals surface area contributed by atoms with Crippen molar-refractivity contribution in [3.05, 3.63) is 59.4 Å². The number of benzene rings is 2. The zero-order valence-corrected chi connectivity index (χ0v) is 13.4. The third-order valence-corrected chi connectivity index (χ3v) is 4.04. The number of imidazole rings is 1. The number of hydrogen-bond acceptors (Lipinski definition) is 1. The zero-order valence-electron chi connectivity index (χ0n) is 12.6. The fourth-order valence-corrected chi connectivity index (χ4v) is 2.96. The lowest BCUT2D eigenvalue weighted by molar-refractivity contribution is 0.841. The van der Waals surface area contributed by atoms with Crippen LogP contribution in [0.2, 0.25) is 0 Å². The van der Waals surface area contributed by atoms with Gasteiger partial charge in [-0.1, -0.05) is 38.1 Å². The number of rotatable bonds is 3. The summed E-state index contributed by atoms with van der Waals surface area (Å²) < 4.78 is 2.19. The second-order valence-corrected chi connectivity index (χ2v) is 5.97. The fourth-order valence-electron chi connectivity index (χ4n) is 2.78. The molecular weight excluding hydrogens is 280 g/mol. The molecule has 3 rings (SSSR count). The Morgan fingerprint density at radius 3 is 2.62 bits per heavy atom. The van der Waals surface area contributed by atoms with E-state index < -0.39 is 0 Å². The van der Waals surface area contributed by atoms with Gasteiger partial charge in [0.05, 0.1) is 22.6 Å². The van der Waals surface area contributed by atoms with Gasteiger partial charge in [0.2, 0.25) is 0 Å². The van der Waals surface area contributed by atoms with Crippen molar-refractivity contribution in [2.24, 2.45) is 0 Å². The minimum Gasteiger partial charge on any atom is -0.295 e. The molecule has 0 fully saturated rings. The molecule has 3 aromatic rings. The summed E-state index contributed by atoms with van der Waals surface area (Å²) in [6.45, 7) is 6.51. The van der Waals surface area contributed by atoms with Crippen LogP contribution in [0.25, 0.3) is 16.7 Å². The van der Waals surface area contributed by atoms with Crippen molar-refractivity contribution in [1.29, 1.82) is 0 Å². The molecule has 0 radical (unpaired) electrons. The van der Waals surface area contributed by atoms with Gasteiger partial charge in [0.25, 0.3) is 0 Å². The molecule has 0 aliphatic carbocycles. The predicted molar refractivity (Wildman–Crippen MR) is 89.5 cm³/mol. The van der Waals surface area contributed by atoms with Crippen LogP contribution >= 0.6 is 11.6 Å². The van der Waals surface area contributed by atoms with Gasteiger partial charge in [0, 0.05) is 0 Å². The van der Waals surface area contributed by atoms with Crippen LogP contribution in [0.3, 0.4) is 0 Å². The highest BCUT2D eigenvalue weighted by molar-refractivity contribution is 6.17. The highest BCUT2D eigenvalue weighted by Crippen LogP contribution is 2.29. The molecule has 0 saturated heterocycles. The molecule has 0 atom stereocenters. The Bertz CT molecular complexity index is 787. The summed E-state index contributed by atoms with van der Waals surface area (Å²) in [4.78, 5) is 4.70. The Labute approximate surface area is 130 Å². The van der Waals surface area contributed by atoms with Gasteiger partial charge in [-0.15, -0.1) is 11.6 Å². The van der Waals surface area contributed by atoms with Gasteiger partial charge >= 0.3 is 0 Å². The molecule has 0 amide bonds. The molecule has 0 aliphatic heterocycles. The Hall–Kier alpha value is -1.80. The van der Waals surface area contributed by atoms with Crippen molar-refractivity contribution in [3.8, 4) is 5.69 Å². The number of aryl methyl sites for hydroxylation is 1. The first-order valence-corrected chi connectivity index (χ1v) is 7.78. The minimum absolute atomic E-state index is 0.403. The molecule has 0 unspecified atom stereocenters. The quantitative estimate of drug-likeness (QED) is 0.608. The zero-order chi connectivity index (χ0) is 15.0. The Kier molecular flexibility index (Phi) is 3.73. The van der Waals surface area contributed by atoms with E-state index in [1.54, 1.807) is 0 Å². The average Bonchev–Trinajstić information content (AvgIpc) is 2.84. The monoisotopic (exact) mass is 298 g/mol. The van der Waals surface area contributed by atoms with Gasteiger partial charge in [-0.2, -0.15) is 0 Å². The topological polar surface area (TPSA) is 17.8 Å². The number of hydrogen-bond donors (Lipinski definition) is 0. The van der Waals surface area contributed by atoms with E-state index in [9.17, 15) is 0 Å². The van der Waals surface area contributed by atoms with E-state index in [1.807, 2.05) is 0 Å². The van der Waals surface area contributed by atoms with Gasteiger partial charge in [-0.25, -0.2) is 4.98 Å². The number of aromatic nitrogens is 2. The molecule has 0 aliphatic rings. The fraction of sp³-hybridized carbons (Fsp3) is 0.278. The molecule has 2 aromatic carbocycles. The third kappa shape index (κ3) is 2.44. The summed E-state index contributed by atoms with van der Waals surface area (Å²) in [5.74, 6) is 1.75. The summed E-state index contributed by atoms with van der Waals surface area (Å²) >= 11 is 6.14. The van der Waals surface area contributed by atoms with Crippen molar-refractivity contribution in [2.75, 3.05) is 0 Å². The Morgan fingerprint density at radius 1 is 1.14 bits per heavy atom. The molecule has 1 heterocycles. The molecule has 0 N–H and O–H groups in total. The highest BCUT2D eigenvalue weighted by atomic mass is 35.5. The summed E-state index contributed by atoms with van der Waals surface area (Å²) in [6.07, 6.45) is 0. The summed E-state index contributed by atoms with van der Waals surface area (Å²) in [6, 6.07) is 14.8. The van der Waals surface area contributed by atoms with E-state index in [0.29, 0.717) is 11.8 Å².